The molecule has 0 saturated carbocycles. The summed E-state index contributed by atoms with van der Waals surface area (Å²) in [6, 6.07) is 7.55. The number of hydrogen-bond acceptors (Lipinski definition) is 5. The van der Waals surface area contributed by atoms with Crippen LogP contribution in [0.4, 0.5) is 0 Å². The monoisotopic (exact) mass is 322 g/mol. The van der Waals surface area contributed by atoms with Crippen LogP contribution in [0.3, 0.4) is 0 Å². The molecule has 0 aliphatic rings. The van der Waals surface area contributed by atoms with Crippen molar-refractivity contribution in [2.24, 2.45) is 5.84 Å². The number of rotatable bonds is 5. The van der Waals surface area contributed by atoms with Crippen molar-refractivity contribution in [2.45, 2.75) is 6.42 Å². The maximum absolute atomic E-state index is 10.9. The van der Waals surface area contributed by atoms with Gasteiger partial charge in [0.1, 0.15) is 5.75 Å². The second kappa shape index (κ2) is 6.59. The minimum absolute atomic E-state index is 0.148. The molecular formula is C9H11IN2O3. The molecule has 0 amide bonds. The molecule has 0 radical (unpaired) electrons. The van der Waals surface area contributed by atoms with Crippen molar-refractivity contribution in [3.63, 3.8) is 0 Å². The van der Waals surface area contributed by atoms with Crippen LogP contribution < -0.4 is 16.2 Å². The van der Waals surface area contributed by atoms with Crippen molar-refractivity contribution in [1.82, 2.24) is 5.59 Å². The molecule has 1 aromatic carbocycles. The summed E-state index contributed by atoms with van der Waals surface area (Å²) in [6.45, 7) is 0.264. The Kier molecular flexibility index (Phi) is 5.37. The Bertz CT molecular complexity index is 333. The highest BCUT2D eigenvalue weighted by Gasteiger charge is 2.02. The average Bonchev–Trinajstić information content (AvgIpc) is 2.18. The fraction of sp³-hybridized carbons (Fsp3) is 0.222. The van der Waals surface area contributed by atoms with Crippen LogP contribution in [-0.2, 0) is 9.63 Å². The van der Waals surface area contributed by atoms with Crippen LogP contribution >= 0.6 is 22.6 Å². The zero-order valence-corrected chi connectivity index (χ0v) is 10.1. The lowest BCUT2D eigenvalue weighted by Crippen LogP contribution is -2.26. The molecule has 0 aliphatic carbocycles. The molecule has 82 valence electrons. The second-order valence-corrected chi connectivity index (χ2v) is 3.89. The van der Waals surface area contributed by atoms with E-state index in [1.54, 1.807) is 0 Å². The number of hydrazine groups is 1. The van der Waals surface area contributed by atoms with Crippen LogP contribution in [0.2, 0.25) is 0 Å². The highest BCUT2D eigenvalue weighted by molar-refractivity contribution is 14.1. The summed E-state index contributed by atoms with van der Waals surface area (Å²) in [7, 11) is 0. The Balaban J connectivity index is 2.28. The van der Waals surface area contributed by atoms with Crippen molar-refractivity contribution < 1.29 is 14.4 Å². The Hall–Kier alpha value is -0.860. The van der Waals surface area contributed by atoms with Crippen LogP contribution in [0.5, 0.6) is 5.75 Å². The van der Waals surface area contributed by atoms with Crippen molar-refractivity contribution >= 4 is 28.6 Å². The third-order valence-electron chi connectivity index (χ3n) is 1.54. The van der Waals surface area contributed by atoms with Crippen LogP contribution in [0.25, 0.3) is 0 Å². The number of carbonyl (C=O) groups excluding carboxylic acids is 1. The Labute approximate surface area is 101 Å². The Morgan fingerprint density at radius 1 is 1.53 bits per heavy atom. The van der Waals surface area contributed by atoms with E-state index >= 15 is 0 Å². The highest BCUT2D eigenvalue weighted by Crippen LogP contribution is 2.14. The van der Waals surface area contributed by atoms with E-state index in [0.29, 0.717) is 0 Å². The molecule has 3 N–H and O–H groups in total. The average molecular weight is 322 g/mol. The quantitative estimate of drug-likeness (QED) is 0.480. The summed E-state index contributed by atoms with van der Waals surface area (Å²) in [6.07, 6.45) is 0.148. The van der Waals surface area contributed by atoms with Gasteiger partial charge in [-0.25, -0.2) is 5.84 Å². The fourth-order valence-electron chi connectivity index (χ4n) is 0.926. The van der Waals surface area contributed by atoms with E-state index in [-0.39, 0.29) is 13.0 Å². The van der Waals surface area contributed by atoms with Crippen molar-refractivity contribution in [3.8, 4) is 5.75 Å². The summed E-state index contributed by atoms with van der Waals surface area (Å²) in [5.41, 5.74) is 1.82. The Morgan fingerprint density at radius 3 is 3.00 bits per heavy atom. The zero-order valence-electron chi connectivity index (χ0n) is 7.90. The van der Waals surface area contributed by atoms with Crippen LogP contribution in [0.1, 0.15) is 6.42 Å². The molecule has 1 rings (SSSR count). The lowest BCUT2D eigenvalue weighted by molar-refractivity contribution is -0.151. The summed E-state index contributed by atoms with van der Waals surface area (Å²) in [4.78, 5) is 15.2. The number of ether oxygens (including phenoxy) is 1. The van der Waals surface area contributed by atoms with E-state index in [1.165, 1.54) is 0 Å². The fourth-order valence-corrected chi connectivity index (χ4v) is 1.44. The van der Waals surface area contributed by atoms with Crippen LogP contribution in [0.15, 0.2) is 24.3 Å². The number of nitrogens with two attached hydrogens (primary N) is 1. The molecule has 0 unspecified atom stereocenters. The molecule has 1 aromatic rings. The molecule has 6 heteroatoms. The molecule has 0 bridgehead atoms. The van der Waals surface area contributed by atoms with Crippen molar-refractivity contribution in [3.05, 3.63) is 27.8 Å². The molecule has 0 spiro atoms. The van der Waals surface area contributed by atoms with E-state index in [4.69, 9.17) is 10.6 Å². The topological polar surface area (TPSA) is 73.6 Å². The van der Waals surface area contributed by atoms with Gasteiger partial charge in [-0.15, -0.1) is 0 Å². The number of hydrogen-bond donors (Lipinski definition) is 2. The van der Waals surface area contributed by atoms with Gasteiger partial charge in [-0.05, 0) is 40.8 Å². The summed E-state index contributed by atoms with van der Waals surface area (Å²) in [5, 5.41) is 0. The van der Waals surface area contributed by atoms with E-state index in [1.807, 2.05) is 29.9 Å². The first kappa shape index (κ1) is 12.2. The first-order valence-electron chi connectivity index (χ1n) is 4.26. The van der Waals surface area contributed by atoms with E-state index in [0.717, 1.165) is 9.32 Å². The first-order valence-corrected chi connectivity index (χ1v) is 5.34. The van der Waals surface area contributed by atoms with Gasteiger partial charge < -0.3 is 9.57 Å². The highest BCUT2D eigenvalue weighted by atomic mass is 127. The Morgan fingerprint density at radius 2 is 2.33 bits per heavy atom. The molecular weight excluding hydrogens is 311 g/mol. The van der Waals surface area contributed by atoms with E-state index in [9.17, 15) is 4.79 Å². The number of carbonyl (C=O) groups is 1. The van der Waals surface area contributed by atoms with Crippen molar-refractivity contribution in [2.75, 3.05) is 6.61 Å². The van der Waals surface area contributed by atoms with Gasteiger partial charge in [0.15, 0.2) is 0 Å². The van der Waals surface area contributed by atoms with Crippen LogP contribution in [0, 0.1) is 3.57 Å². The third kappa shape index (κ3) is 4.96. The summed E-state index contributed by atoms with van der Waals surface area (Å²) in [5.74, 6) is 5.07. The molecule has 15 heavy (non-hydrogen) atoms. The summed E-state index contributed by atoms with van der Waals surface area (Å²) >= 11 is 2.19. The van der Waals surface area contributed by atoms with Gasteiger partial charge in [-0.3, -0.25) is 4.79 Å². The molecule has 0 aliphatic heterocycles. The van der Waals surface area contributed by atoms with Gasteiger partial charge >= 0.3 is 5.97 Å². The smallest absolute Gasteiger partial charge is 0.329 e. The molecule has 0 fully saturated rings. The molecule has 0 saturated heterocycles. The molecule has 0 aromatic heterocycles. The number of halogens is 1. The molecule has 5 nitrogen and oxygen atoms in total. The predicted molar refractivity (Wildman–Crippen MR) is 62.7 cm³/mol. The number of nitrogens with one attached hydrogen (secondary N) is 1. The summed E-state index contributed by atoms with van der Waals surface area (Å²) < 4.78 is 6.41. The van der Waals surface area contributed by atoms with E-state index < -0.39 is 5.97 Å². The lowest BCUT2D eigenvalue weighted by Gasteiger charge is -2.05. The standard InChI is InChI=1S/C9H11IN2O3/c10-7-2-1-3-8(6-7)14-5-4-9(13)15-12-11/h1-3,6,12H,4-5,11H2. The molecule has 0 atom stereocenters. The first-order chi connectivity index (χ1) is 7.22. The van der Waals surface area contributed by atoms with E-state index in [2.05, 4.69) is 27.4 Å². The van der Waals surface area contributed by atoms with Gasteiger partial charge in [0.05, 0.1) is 13.0 Å². The zero-order chi connectivity index (χ0) is 11.1. The lowest BCUT2D eigenvalue weighted by atomic mass is 10.3. The second-order valence-electron chi connectivity index (χ2n) is 2.65. The minimum atomic E-state index is -0.455. The van der Waals surface area contributed by atoms with Crippen molar-refractivity contribution in [1.29, 1.82) is 0 Å². The SMILES string of the molecule is NNOC(=O)CCOc1cccc(I)c1. The normalized spacial score (nSPS) is 9.73. The van der Waals surface area contributed by atoms with Gasteiger partial charge in [-0.2, -0.15) is 0 Å². The van der Waals surface area contributed by atoms with Gasteiger partial charge in [0.2, 0.25) is 0 Å². The minimum Gasteiger partial charge on any atom is -0.493 e. The van der Waals surface area contributed by atoms with Gasteiger partial charge in [0, 0.05) is 3.57 Å². The number of benzene rings is 1. The molecule has 0 heterocycles. The van der Waals surface area contributed by atoms with Gasteiger partial charge in [-0.1, -0.05) is 11.7 Å². The van der Waals surface area contributed by atoms with Gasteiger partial charge in [0.25, 0.3) is 0 Å². The third-order valence-corrected chi connectivity index (χ3v) is 2.21. The van der Waals surface area contributed by atoms with Crippen LogP contribution in [-0.4, -0.2) is 12.6 Å². The largest absolute Gasteiger partial charge is 0.493 e. The maximum atomic E-state index is 10.9. The maximum Gasteiger partial charge on any atom is 0.329 e. The predicted octanol–water partition coefficient (Wildman–Crippen LogP) is 0.982.